The van der Waals surface area contributed by atoms with Crippen LogP contribution in [0.5, 0.6) is 0 Å². The van der Waals surface area contributed by atoms with Crippen molar-refractivity contribution in [1.29, 1.82) is 0 Å². The Labute approximate surface area is 169 Å². The summed E-state index contributed by atoms with van der Waals surface area (Å²) < 4.78 is 43.4. The normalized spacial score (nSPS) is 17.1. The van der Waals surface area contributed by atoms with Crippen LogP contribution in [-0.2, 0) is 11.2 Å². The SMILES string of the molecule is Nc1ncc2c(Cl)cc(-c3ccc(CC(F)(F)F)cn3)n2n1.OC1CCCOC1. The van der Waals surface area contributed by atoms with Crippen LogP contribution in [0.3, 0.4) is 0 Å². The minimum absolute atomic E-state index is 0.0507. The number of halogens is 4. The van der Waals surface area contributed by atoms with Crippen LogP contribution in [0.25, 0.3) is 16.9 Å². The van der Waals surface area contributed by atoms with Gasteiger partial charge in [-0.1, -0.05) is 17.7 Å². The van der Waals surface area contributed by atoms with Gasteiger partial charge in [0.25, 0.3) is 0 Å². The van der Waals surface area contributed by atoms with Gasteiger partial charge in [0.15, 0.2) is 0 Å². The number of hydrogen-bond acceptors (Lipinski definition) is 6. The number of nitrogens with two attached hydrogens (primary N) is 1. The molecule has 156 valence electrons. The summed E-state index contributed by atoms with van der Waals surface area (Å²) in [4.78, 5) is 7.89. The van der Waals surface area contributed by atoms with Crippen LogP contribution in [0.15, 0.2) is 30.6 Å². The van der Waals surface area contributed by atoms with Crippen molar-refractivity contribution in [2.75, 3.05) is 18.9 Å². The van der Waals surface area contributed by atoms with Gasteiger partial charge in [-0.2, -0.15) is 13.2 Å². The van der Waals surface area contributed by atoms with Gasteiger partial charge in [0.2, 0.25) is 5.95 Å². The summed E-state index contributed by atoms with van der Waals surface area (Å²) in [6.07, 6.45) is -0.900. The first kappa shape index (κ1) is 21.3. The lowest BCUT2D eigenvalue weighted by Crippen LogP contribution is -2.21. The average molecular weight is 430 g/mol. The molecule has 1 saturated heterocycles. The molecule has 1 fully saturated rings. The molecule has 3 N–H and O–H groups in total. The molecule has 0 saturated carbocycles. The van der Waals surface area contributed by atoms with E-state index in [2.05, 4.69) is 15.1 Å². The van der Waals surface area contributed by atoms with E-state index in [1.54, 1.807) is 6.07 Å². The largest absolute Gasteiger partial charge is 0.393 e. The highest BCUT2D eigenvalue weighted by Gasteiger charge is 2.27. The molecule has 3 aromatic rings. The Hall–Kier alpha value is -2.43. The van der Waals surface area contributed by atoms with Gasteiger partial charge in [-0.05, 0) is 30.5 Å². The second kappa shape index (κ2) is 8.93. The summed E-state index contributed by atoms with van der Waals surface area (Å²) in [6, 6.07) is 4.46. The summed E-state index contributed by atoms with van der Waals surface area (Å²) in [5.41, 5.74) is 7.11. The number of alkyl halides is 3. The van der Waals surface area contributed by atoms with Crippen molar-refractivity contribution in [2.45, 2.75) is 31.5 Å². The molecule has 1 unspecified atom stereocenters. The Kier molecular flexibility index (Phi) is 6.56. The van der Waals surface area contributed by atoms with Crippen molar-refractivity contribution in [1.82, 2.24) is 19.6 Å². The first-order chi connectivity index (χ1) is 13.7. The highest BCUT2D eigenvalue weighted by Crippen LogP contribution is 2.28. The molecule has 11 heteroatoms. The number of hydrogen-bond donors (Lipinski definition) is 2. The van der Waals surface area contributed by atoms with Crippen LogP contribution in [0.2, 0.25) is 5.02 Å². The maximum atomic E-state index is 12.3. The highest BCUT2D eigenvalue weighted by atomic mass is 35.5. The maximum Gasteiger partial charge on any atom is 0.393 e. The molecule has 0 aliphatic carbocycles. The number of nitrogen functional groups attached to an aromatic ring is 1. The topological polar surface area (TPSA) is 98.6 Å². The fourth-order valence-corrected chi connectivity index (χ4v) is 3.02. The highest BCUT2D eigenvalue weighted by molar-refractivity contribution is 6.34. The van der Waals surface area contributed by atoms with Crippen molar-refractivity contribution in [3.8, 4) is 11.4 Å². The minimum atomic E-state index is -4.27. The zero-order chi connectivity index (χ0) is 21.0. The number of nitrogens with zero attached hydrogens (tertiary/aromatic N) is 4. The van der Waals surface area contributed by atoms with Gasteiger partial charge in [-0.3, -0.25) is 4.98 Å². The number of fused-ring (bicyclic) bond motifs is 1. The number of rotatable bonds is 2. The first-order valence-electron chi connectivity index (χ1n) is 8.80. The molecule has 1 atom stereocenters. The standard InChI is InChI=1S/C13H9ClF3N5.C5H10O2/c14-8-3-10(22-11(8)6-20-12(18)21-22)9-2-1-7(5-19-9)4-13(15,16)17;6-5-2-1-3-7-4-5/h1-3,5-6H,4H2,(H2,18,21);5-6H,1-4H2. The smallest absolute Gasteiger partial charge is 0.391 e. The summed E-state index contributed by atoms with van der Waals surface area (Å²) in [7, 11) is 0. The van der Waals surface area contributed by atoms with Crippen molar-refractivity contribution in [3.05, 3.63) is 41.2 Å². The molecule has 1 aliphatic heterocycles. The van der Waals surface area contributed by atoms with Crippen LogP contribution in [0.4, 0.5) is 19.1 Å². The molecular formula is C18H19ClF3N5O2. The Bertz CT molecular complexity index is 957. The van der Waals surface area contributed by atoms with Crippen LogP contribution >= 0.6 is 11.6 Å². The number of aliphatic hydroxyl groups is 1. The molecule has 0 aromatic carbocycles. The third-order valence-electron chi connectivity index (χ3n) is 4.11. The Balaban J connectivity index is 0.000000290. The second-order valence-corrected chi connectivity index (χ2v) is 6.91. The third-order valence-corrected chi connectivity index (χ3v) is 4.42. The van der Waals surface area contributed by atoms with Gasteiger partial charge in [0.05, 0.1) is 41.7 Å². The molecule has 0 amide bonds. The predicted molar refractivity (Wildman–Crippen MR) is 101 cm³/mol. The van der Waals surface area contributed by atoms with E-state index >= 15 is 0 Å². The molecule has 0 radical (unpaired) electrons. The second-order valence-electron chi connectivity index (χ2n) is 6.51. The molecule has 29 heavy (non-hydrogen) atoms. The average Bonchev–Trinajstić information content (AvgIpc) is 2.98. The molecule has 4 rings (SSSR count). The zero-order valence-electron chi connectivity index (χ0n) is 15.2. The van der Waals surface area contributed by atoms with Crippen molar-refractivity contribution >= 4 is 23.1 Å². The van der Waals surface area contributed by atoms with E-state index in [9.17, 15) is 13.2 Å². The maximum absolute atomic E-state index is 12.3. The summed E-state index contributed by atoms with van der Waals surface area (Å²) in [6.45, 7) is 1.37. The van der Waals surface area contributed by atoms with Gasteiger partial charge in [0, 0.05) is 12.8 Å². The Morgan fingerprint density at radius 3 is 2.62 bits per heavy atom. The van der Waals surface area contributed by atoms with E-state index in [-0.39, 0.29) is 17.6 Å². The number of ether oxygens (including phenoxy) is 1. The van der Waals surface area contributed by atoms with Crippen molar-refractivity contribution in [3.63, 3.8) is 0 Å². The zero-order valence-corrected chi connectivity index (χ0v) is 16.0. The molecule has 4 heterocycles. The van der Waals surface area contributed by atoms with E-state index in [0.29, 0.717) is 28.5 Å². The monoisotopic (exact) mass is 429 g/mol. The predicted octanol–water partition coefficient (Wildman–Crippen LogP) is 3.29. The first-order valence-corrected chi connectivity index (χ1v) is 9.18. The van der Waals surface area contributed by atoms with E-state index in [0.717, 1.165) is 19.4 Å². The van der Waals surface area contributed by atoms with E-state index in [1.807, 2.05) is 0 Å². The summed E-state index contributed by atoms with van der Waals surface area (Å²) in [5, 5.41) is 13.2. The van der Waals surface area contributed by atoms with E-state index < -0.39 is 12.6 Å². The van der Waals surface area contributed by atoms with Crippen molar-refractivity contribution < 1.29 is 23.0 Å². The van der Waals surface area contributed by atoms with Gasteiger partial charge >= 0.3 is 6.18 Å². The minimum Gasteiger partial charge on any atom is -0.391 e. The Morgan fingerprint density at radius 2 is 2.07 bits per heavy atom. The lowest BCUT2D eigenvalue weighted by Gasteiger charge is -2.15. The summed E-state index contributed by atoms with van der Waals surface area (Å²) in [5.74, 6) is 0.0507. The fourth-order valence-electron chi connectivity index (χ4n) is 2.78. The molecular weight excluding hydrogens is 411 g/mol. The van der Waals surface area contributed by atoms with Gasteiger partial charge in [-0.25, -0.2) is 9.50 Å². The van der Waals surface area contributed by atoms with Gasteiger partial charge in [-0.15, -0.1) is 5.10 Å². The molecule has 3 aromatic heterocycles. The Morgan fingerprint density at radius 1 is 1.28 bits per heavy atom. The lowest BCUT2D eigenvalue weighted by atomic mass is 10.2. The van der Waals surface area contributed by atoms with Crippen LogP contribution in [0.1, 0.15) is 18.4 Å². The third kappa shape index (κ3) is 5.78. The number of anilines is 1. The molecule has 7 nitrogen and oxygen atoms in total. The van der Waals surface area contributed by atoms with Crippen LogP contribution in [-0.4, -0.2) is 50.2 Å². The van der Waals surface area contributed by atoms with Crippen LogP contribution < -0.4 is 5.73 Å². The fraction of sp³-hybridized carbons (Fsp3) is 0.389. The van der Waals surface area contributed by atoms with Crippen LogP contribution in [0, 0.1) is 0 Å². The van der Waals surface area contributed by atoms with E-state index in [1.165, 1.54) is 29.0 Å². The quantitative estimate of drug-likeness (QED) is 0.648. The number of aliphatic hydroxyl groups excluding tert-OH is 1. The molecule has 0 spiro atoms. The van der Waals surface area contributed by atoms with Gasteiger partial charge < -0.3 is 15.6 Å². The number of pyridine rings is 1. The molecule has 1 aliphatic rings. The summed E-state index contributed by atoms with van der Waals surface area (Å²) >= 11 is 6.08. The van der Waals surface area contributed by atoms with E-state index in [4.69, 9.17) is 27.2 Å². The molecule has 0 bridgehead atoms. The lowest BCUT2D eigenvalue weighted by molar-refractivity contribution is -0.127. The number of aromatic nitrogens is 4. The van der Waals surface area contributed by atoms with Crippen molar-refractivity contribution in [2.24, 2.45) is 0 Å². The van der Waals surface area contributed by atoms with Gasteiger partial charge in [0.1, 0.15) is 5.52 Å².